The van der Waals surface area contributed by atoms with Crippen LogP contribution < -0.4 is 10.6 Å². The summed E-state index contributed by atoms with van der Waals surface area (Å²) >= 11 is 0. The van der Waals surface area contributed by atoms with Crippen LogP contribution in [0.1, 0.15) is 5.56 Å². The number of nitrogens with zero attached hydrogens (tertiary/aromatic N) is 3. The summed E-state index contributed by atoms with van der Waals surface area (Å²) in [5, 5.41) is 14.0. The molecule has 0 unspecified atom stereocenters. The van der Waals surface area contributed by atoms with E-state index in [0.29, 0.717) is 18.2 Å². The molecule has 2 heterocycles. The van der Waals surface area contributed by atoms with Crippen LogP contribution in [0.15, 0.2) is 30.9 Å². The Morgan fingerprint density at radius 3 is 3.00 bits per heavy atom. The minimum Gasteiger partial charge on any atom is -0.367 e. The van der Waals surface area contributed by atoms with Crippen LogP contribution in [0.4, 0.5) is 11.6 Å². The summed E-state index contributed by atoms with van der Waals surface area (Å²) in [6, 6.07) is 3.65. The summed E-state index contributed by atoms with van der Waals surface area (Å²) < 4.78 is 0. The second-order valence-electron chi connectivity index (χ2n) is 3.10. The minimum absolute atomic E-state index is 0.481. The number of aromatic nitrogens is 3. The molecule has 0 aromatic carbocycles. The van der Waals surface area contributed by atoms with Crippen LogP contribution in [0.2, 0.25) is 0 Å². The molecule has 0 aliphatic carbocycles. The minimum atomic E-state index is 0.481. The van der Waals surface area contributed by atoms with Crippen molar-refractivity contribution in [2.75, 3.05) is 10.6 Å². The predicted octanol–water partition coefficient (Wildman–Crippen LogP) is 1.31. The van der Waals surface area contributed by atoms with Crippen molar-refractivity contribution >= 4 is 11.6 Å². The lowest BCUT2D eigenvalue weighted by Crippen LogP contribution is -2.02. The molecule has 2 rings (SSSR count). The molecule has 0 aliphatic heterocycles. The van der Waals surface area contributed by atoms with E-state index >= 15 is 0 Å². The number of nitrogens with one attached hydrogen (secondary N) is 3. The molecule has 80 valence electrons. The summed E-state index contributed by atoms with van der Waals surface area (Å²) in [5.74, 6) is 1.16. The highest BCUT2D eigenvalue weighted by molar-refractivity contribution is 5.48. The van der Waals surface area contributed by atoms with Gasteiger partial charge in [0.2, 0.25) is 0 Å². The molecule has 0 saturated carbocycles. The van der Waals surface area contributed by atoms with Crippen LogP contribution in [-0.2, 0) is 6.54 Å². The Labute approximate surface area is 92.4 Å². The SMILES string of the molecule is N#CNc1cc(NCc2cc[nH]c2)ncn1. The molecule has 0 atom stereocenters. The Hall–Kier alpha value is -2.55. The maximum atomic E-state index is 8.44. The van der Waals surface area contributed by atoms with Crippen LogP contribution in [0.5, 0.6) is 0 Å². The Balaban J connectivity index is 1.99. The lowest BCUT2D eigenvalue weighted by Gasteiger charge is -2.04. The summed E-state index contributed by atoms with van der Waals surface area (Å²) in [7, 11) is 0. The van der Waals surface area contributed by atoms with Gasteiger partial charge in [-0.1, -0.05) is 0 Å². The zero-order valence-corrected chi connectivity index (χ0v) is 8.44. The van der Waals surface area contributed by atoms with Crippen molar-refractivity contribution in [2.24, 2.45) is 0 Å². The van der Waals surface area contributed by atoms with Crippen molar-refractivity contribution in [3.05, 3.63) is 36.4 Å². The van der Waals surface area contributed by atoms with Crippen LogP contribution in [0.25, 0.3) is 0 Å². The number of hydrogen-bond donors (Lipinski definition) is 3. The van der Waals surface area contributed by atoms with Gasteiger partial charge in [0.1, 0.15) is 18.0 Å². The molecular formula is C10H10N6. The second kappa shape index (κ2) is 4.79. The molecule has 6 nitrogen and oxygen atoms in total. The fraction of sp³-hybridized carbons (Fsp3) is 0.100. The molecule has 0 fully saturated rings. The van der Waals surface area contributed by atoms with Gasteiger partial charge < -0.3 is 10.3 Å². The average Bonchev–Trinajstić information content (AvgIpc) is 2.80. The van der Waals surface area contributed by atoms with Gasteiger partial charge in [-0.3, -0.25) is 5.32 Å². The summed E-state index contributed by atoms with van der Waals surface area (Å²) in [4.78, 5) is 10.9. The number of H-pyrrole nitrogens is 1. The predicted molar refractivity (Wildman–Crippen MR) is 59.4 cm³/mol. The zero-order valence-electron chi connectivity index (χ0n) is 8.44. The number of nitriles is 1. The van der Waals surface area contributed by atoms with Gasteiger partial charge in [-0.05, 0) is 11.6 Å². The van der Waals surface area contributed by atoms with Crippen LogP contribution >= 0.6 is 0 Å². The number of aromatic amines is 1. The first-order chi connectivity index (χ1) is 7.88. The molecule has 6 heteroatoms. The van der Waals surface area contributed by atoms with E-state index in [9.17, 15) is 0 Å². The van der Waals surface area contributed by atoms with Crippen molar-refractivity contribution in [2.45, 2.75) is 6.54 Å². The van der Waals surface area contributed by atoms with Gasteiger partial charge in [-0.25, -0.2) is 9.97 Å². The largest absolute Gasteiger partial charge is 0.367 e. The quantitative estimate of drug-likeness (QED) is 0.527. The van der Waals surface area contributed by atoms with E-state index in [4.69, 9.17) is 5.26 Å². The highest BCUT2D eigenvalue weighted by Gasteiger charge is 1.98. The third kappa shape index (κ3) is 2.48. The Kier molecular flexibility index (Phi) is 2.99. The maximum absolute atomic E-state index is 8.44. The van der Waals surface area contributed by atoms with Crippen LogP contribution in [-0.4, -0.2) is 15.0 Å². The average molecular weight is 214 g/mol. The molecule has 0 bridgehead atoms. The Morgan fingerprint density at radius 2 is 2.25 bits per heavy atom. The smallest absolute Gasteiger partial charge is 0.182 e. The lowest BCUT2D eigenvalue weighted by atomic mass is 10.3. The van der Waals surface area contributed by atoms with Gasteiger partial charge in [-0.2, -0.15) is 5.26 Å². The van der Waals surface area contributed by atoms with Gasteiger partial charge >= 0.3 is 0 Å². The monoisotopic (exact) mass is 214 g/mol. The van der Waals surface area contributed by atoms with Crippen molar-refractivity contribution in [1.29, 1.82) is 5.26 Å². The van der Waals surface area contributed by atoms with Crippen molar-refractivity contribution < 1.29 is 0 Å². The molecule has 3 N–H and O–H groups in total. The molecule has 0 spiro atoms. The van der Waals surface area contributed by atoms with E-state index in [1.807, 2.05) is 24.7 Å². The van der Waals surface area contributed by atoms with E-state index in [1.54, 1.807) is 6.07 Å². The third-order valence-corrected chi connectivity index (χ3v) is 1.99. The normalized spacial score (nSPS) is 9.44. The zero-order chi connectivity index (χ0) is 11.2. The fourth-order valence-electron chi connectivity index (χ4n) is 1.24. The molecule has 2 aromatic heterocycles. The Morgan fingerprint density at radius 1 is 1.38 bits per heavy atom. The van der Waals surface area contributed by atoms with Crippen LogP contribution in [0.3, 0.4) is 0 Å². The summed E-state index contributed by atoms with van der Waals surface area (Å²) in [5.41, 5.74) is 1.13. The van der Waals surface area contributed by atoms with Gasteiger partial charge in [0.05, 0.1) is 0 Å². The van der Waals surface area contributed by atoms with Crippen molar-refractivity contribution in [1.82, 2.24) is 15.0 Å². The van der Waals surface area contributed by atoms with E-state index < -0.39 is 0 Å². The highest BCUT2D eigenvalue weighted by Crippen LogP contribution is 2.09. The van der Waals surface area contributed by atoms with Gasteiger partial charge in [0.15, 0.2) is 6.19 Å². The molecule has 0 saturated heterocycles. The fourth-order valence-corrected chi connectivity index (χ4v) is 1.24. The van der Waals surface area contributed by atoms with E-state index in [2.05, 4.69) is 25.6 Å². The van der Waals surface area contributed by atoms with E-state index in [1.165, 1.54) is 6.33 Å². The lowest BCUT2D eigenvalue weighted by molar-refractivity contribution is 1.08. The van der Waals surface area contributed by atoms with Gasteiger partial charge in [0, 0.05) is 25.0 Å². The van der Waals surface area contributed by atoms with E-state index in [-0.39, 0.29) is 0 Å². The topological polar surface area (TPSA) is 89.4 Å². The molecule has 16 heavy (non-hydrogen) atoms. The number of rotatable bonds is 4. The van der Waals surface area contributed by atoms with Gasteiger partial charge in [0.25, 0.3) is 0 Å². The first kappa shape index (κ1) is 9.98. The first-order valence-corrected chi connectivity index (χ1v) is 4.71. The Bertz CT molecular complexity index is 484. The molecule has 0 radical (unpaired) electrons. The standard InChI is InChI=1S/C10H10N6/c11-6-14-10-3-9(15-7-16-10)13-5-8-1-2-12-4-8/h1-4,7,12H,5H2,(H2,13,14,15,16). The van der Waals surface area contributed by atoms with Crippen LogP contribution in [0, 0.1) is 11.5 Å². The molecular weight excluding hydrogens is 204 g/mol. The summed E-state index contributed by atoms with van der Waals surface area (Å²) in [6.45, 7) is 0.673. The summed E-state index contributed by atoms with van der Waals surface area (Å²) in [6.07, 6.45) is 6.98. The first-order valence-electron chi connectivity index (χ1n) is 4.71. The van der Waals surface area contributed by atoms with Crippen molar-refractivity contribution in [3.8, 4) is 6.19 Å². The van der Waals surface area contributed by atoms with Gasteiger partial charge in [-0.15, -0.1) is 0 Å². The maximum Gasteiger partial charge on any atom is 0.182 e. The molecule has 2 aromatic rings. The second-order valence-corrected chi connectivity index (χ2v) is 3.10. The van der Waals surface area contributed by atoms with E-state index in [0.717, 1.165) is 5.56 Å². The molecule has 0 amide bonds. The molecule has 0 aliphatic rings. The number of anilines is 2. The third-order valence-electron chi connectivity index (χ3n) is 1.99. The highest BCUT2D eigenvalue weighted by atomic mass is 15.1. The number of hydrogen-bond acceptors (Lipinski definition) is 5. The van der Waals surface area contributed by atoms with Crippen molar-refractivity contribution in [3.63, 3.8) is 0 Å².